The molecule has 0 radical (unpaired) electrons. The van der Waals surface area contributed by atoms with Gasteiger partial charge in [-0.25, -0.2) is 9.59 Å². The summed E-state index contributed by atoms with van der Waals surface area (Å²) in [5, 5.41) is 10.4. The summed E-state index contributed by atoms with van der Waals surface area (Å²) in [5.41, 5.74) is -5.51. The molecule has 0 aliphatic heterocycles. The number of alkyl halides is 3. The number of aryl methyl sites for hydroxylation is 1. The Hall–Kier alpha value is -2.75. The average Bonchev–Trinajstić information content (AvgIpc) is 2.92. The van der Waals surface area contributed by atoms with Crippen molar-refractivity contribution in [3.8, 4) is 5.75 Å². The molecular formula is C18H20F3NO6. The van der Waals surface area contributed by atoms with Gasteiger partial charge in [0, 0.05) is 23.5 Å². The summed E-state index contributed by atoms with van der Waals surface area (Å²) >= 11 is 0. The van der Waals surface area contributed by atoms with Crippen LogP contribution in [-0.4, -0.2) is 48.1 Å². The standard InChI is InChI=1S/C18H20F3NO6/c1-5-27-15(23)14-13(17(25,18(19,20)21)16(24)28-6-2)11-9-10(26-4)7-8-12(11)22(14)3/h7-9,25H,5-6H2,1-4H3. The number of aromatic nitrogens is 1. The molecule has 0 amide bonds. The van der Waals surface area contributed by atoms with Gasteiger partial charge in [0.15, 0.2) is 0 Å². The summed E-state index contributed by atoms with van der Waals surface area (Å²) in [7, 11) is 2.63. The molecule has 2 aromatic rings. The Bertz CT molecular complexity index is 905. The fourth-order valence-corrected chi connectivity index (χ4v) is 2.95. The lowest BCUT2D eigenvalue weighted by Crippen LogP contribution is -2.51. The molecule has 1 N–H and O–H groups in total. The molecule has 1 unspecified atom stereocenters. The zero-order valence-electron chi connectivity index (χ0n) is 15.7. The second-order valence-electron chi connectivity index (χ2n) is 5.81. The van der Waals surface area contributed by atoms with Crippen molar-refractivity contribution in [2.45, 2.75) is 25.6 Å². The normalized spacial score (nSPS) is 13.9. The molecular weight excluding hydrogens is 383 g/mol. The highest BCUT2D eigenvalue weighted by Gasteiger charge is 2.64. The van der Waals surface area contributed by atoms with Crippen molar-refractivity contribution in [3.05, 3.63) is 29.5 Å². The van der Waals surface area contributed by atoms with E-state index in [9.17, 15) is 27.9 Å². The van der Waals surface area contributed by atoms with E-state index in [0.29, 0.717) is 0 Å². The van der Waals surface area contributed by atoms with Crippen LogP contribution >= 0.6 is 0 Å². The van der Waals surface area contributed by atoms with Gasteiger partial charge in [-0.2, -0.15) is 13.2 Å². The first-order chi connectivity index (χ1) is 13.0. The van der Waals surface area contributed by atoms with Gasteiger partial charge in [0.05, 0.1) is 20.3 Å². The summed E-state index contributed by atoms with van der Waals surface area (Å²) in [5.74, 6) is -2.89. The number of carbonyl (C=O) groups excluding carboxylic acids is 2. The van der Waals surface area contributed by atoms with Crippen molar-refractivity contribution in [1.29, 1.82) is 0 Å². The number of ether oxygens (including phenoxy) is 3. The number of nitrogens with zero attached hydrogens (tertiary/aromatic N) is 1. The van der Waals surface area contributed by atoms with E-state index in [-0.39, 0.29) is 23.3 Å². The molecule has 7 nitrogen and oxygen atoms in total. The van der Waals surface area contributed by atoms with E-state index in [1.807, 2.05) is 0 Å². The van der Waals surface area contributed by atoms with Crippen LogP contribution in [0.25, 0.3) is 10.9 Å². The van der Waals surface area contributed by atoms with Crippen LogP contribution in [0.15, 0.2) is 18.2 Å². The third-order valence-electron chi connectivity index (χ3n) is 4.22. The Labute approximate surface area is 158 Å². The number of hydrogen-bond acceptors (Lipinski definition) is 6. The van der Waals surface area contributed by atoms with Crippen LogP contribution in [0.3, 0.4) is 0 Å². The van der Waals surface area contributed by atoms with Crippen LogP contribution in [0.5, 0.6) is 5.75 Å². The predicted molar refractivity (Wildman–Crippen MR) is 92.0 cm³/mol. The smallest absolute Gasteiger partial charge is 0.432 e. The third kappa shape index (κ3) is 3.28. The van der Waals surface area contributed by atoms with Crippen molar-refractivity contribution in [2.24, 2.45) is 7.05 Å². The van der Waals surface area contributed by atoms with Crippen LogP contribution in [-0.2, 0) is 26.9 Å². The maximum Gasteiger partial charge on any atom is 0.432 e. The number of aliphatic hydroxyl groups is 1. The van der Waals surface area contributed by atoms with Gasteiger partial charge in [0.2, 0.25) is 0 Å². The molecule has 0 saturated carbocycles. The van der Waals surface area contributed by atoms with E-state index in [0.717, 1.165) is 4.57 Å². The molecule has 1 heterocycles. The number of hydrogen-bond donors (Lipinski definition) is 1. The Kier molecular flexibility index (Phi) is 5.93. The van der Waals surface area contributed by atoms with E-state index in [1.54, 1.807) is 0 Å². The minimum atomic E-state index is -5.47. The molecule has 28 heavy (non-hydrogen) atoms. The lowest BCUT2D eigenvalue weighted by Gasteiger charge is -2.29. The SMILES string of the molecule is CCOC(=O)c1c(C(O)(C(=O)OCC)C(F)(F)F)c2cc(OC)ccc2n1C. The maximum absolute atomic E-state index is 14.0. The summed E-state index contributed by atoms with van der Waals surface area (Å²) in [6, 6.07) is 4.07. The van der Waals surface area contributed by atoms with Crippen molar-refractivity contribution in [3.63, 3.8) is 0 Å². The average molecular weight is 403 g/mol. The lowest BCUT2D eigenvalue weighted by molar-refractivity contribution is -0.267. The number of carbonyl (C=O) groups is 2. The number of esters is 2. The van der Waals surface area contributed by atoms with E-state index in [2.05, 4.69) is 4.74 Å². The van der Waals surface area contributed by atoms with Gasteiger partial charge in [-0.3, -0.25) is 0 Å². The van der Waals surface area contributed by atoms with Gasteiger partial charge in [0.25, 0.3) is 5.60 Å². The monoisotopic (exact) mass is 403 g/mol. The van der Waals surface area contributed by atoms with Gasteiger partial charge in [-0.05, 0) is 32.0 Å². The molecule has 1 atom stereocenters. The Morgan fingerprint density at radius 2 is 1.75 bits per heavy atom. The first-order valence-electron chi connectivity index (χ1n) is 8.34. The van der Waals surface area contributed by atoms with Gasteiger partial charge < -0.3 is 23.9 Å². The summed E-state index contributed by atoms with van der Waals surface area (Å²) in [6.45, 7) is 2.25. The molecule has 10 heteroatoms. The van der Waals surface area contributed by atoms with Gasteiger partial charge in [0.1, 0.15) is 11.4 Å². The minimum absolute atomic E-state index is 0.118. The number of benzene rings is 1. The van der Waals surface area contributed by atoms with E-state index in [1.165, 1.54) is 46.2 Å². The molecule has 0 bridgehead atoms. The first-order valence-corrected chi connectivity index (χ1v) is 8.34. The fraction of sp³-hybridized carbons (Fsp3) is 0.444. The quantitative estimate of drug-likeness (QED) is 0.747. The summed E-state index contributed by atoms with van der Waals surface area (Å²) in [4.78, 5) is 24.7. The largest absolute Gasteiger partial charge is 0.497 e. The van der Waals surface area contributed by atoms with E-state index in [4.69, 9.17) is 9.47 Å². The molecule has 154 valence electrons. The fourth-order valence-electron chi connectivity index (χ4n) is 2.95. The van der Waals surface area contributed by atoms with Crippen LogP contribution in [0.4, 0.5) is 13.2 Å². The maximum atomic E-state index is 14.0. The zero-order chi connectivity index (χ0) is 21.3. The lowest BCUT2D eigenvalue weighted by atomic mass is 9.90. The molecule has 2 rings (SSSR count). The van der Waals surface area contributed by atoms with Crippen molar-refractivity contribution < 1.29 is 42.1 Å². The van der Waals surface area contributed by atoms with E-state index < -0.39 is 41.6 Å². The first kappa shape index (κ1) is 21.5. The third-order valence-corrected chi connectivity index (χ3v) is 4.22. The molecule has 0 spiro atoms. The van der Waals surface area contributed by atoms with Crippen LogP contribution in [0, 0.1) is 0 Å². The van der Waals surface area contributed by atoms with Gasteiger partial charge in [-0.1, -0.05) is 0 Å². The highest BCUT2D eigenvalue weighted by Crippen LogP contribution is 2.46. The molecule has 0 aliphatic carbocycles. The van der Waals surface area contributed by atoms with Crippen LogP contribution < -0.4 is 4.74 Å². The summed E-state index contributed by atoms with van der Waals surface area (Å²) < 4.78 is 57.4. The van der Waals surface area contributed by atoms with Crippen LogP contribution in [0.2, 0.25) is 0 Å². The van der Waals surface area contributed by atoms with Crippen LogP contribution in [0.1, 0.15) is 29.9 Å². The Balaban J connectivity index is 3.01. The highest BCUT2D eigenvalue weighted by atomic mass is 19.4. The van der Waals surface area contributed by atoms with Crippen molar-refractivity contribution in [2.75, 3.05) is 20.3 Å². The van der Waals surface area contributed by atoms with Gasteiger partial charge in [-0.15, -0.1) is 0 Å². The second kappa shape index (κ2) is 7.70. The number of halogens is 3. The van der Waals surface area contributed by atoms with Crippen molar-refractivity contribution in [1.82, 2.24) is 4.57 Å². The van der Waals surface area contributed by atoms with E-state index >= 15 is 0 Å². The molecule has 0 fully saturated rings. The highest BCUT2D eigenvalue weighted by molar-refractivity contribution is 6.03. The number of rotatable bonds is 6. The molecule has 1 aromatic heterocycles. The Morgan fingerprint density at radius 3 is 2.25 bits per heavy atom. The molecule has 0 aliphatic rings. The second-order valence-corrected chi connectivity index (χ2v) is 5.81. The molecule has 0 saturated heterocycles. The number of fused-ring (bicyclic) bond motifs is 1. The van der Waals surface area contributed by atoms with Gasteiger partial charge >= 0.3 is 18.1 Å². The summed E-state index contributed by atoms with van der Waals surface area (Å²) in [6.07, 6.45) is -5.47. The molecule has 1 aromatic carbocycles. The Morgan fingerprint density at radius 1 is 1.14 bits per heavy atom. The minimum Gasteiger partial charge on any atom is -0.497 e. The number of methoxy groups -OCH3 is 1. The topological polar surface area (TPSA) is 87.0 Å². The van der Waals surface area contributed by atoms with Crippen molar-refractivity contribution >= 4 is 22.8 Å². The predicted octanol–water partition coefficient (Wildman–Crippen LogP) is 2.68. The zero-order valence-corrected chi connectivity index (χ0v) is 15.7.